The third-order valence-electron chi connectivity index (χ3n) is 2.99. The summed E-state index contributed by atoms with van der Waals surface area (Å²) in [5.74, 6) is -0.0505. The lowest BCUT2D eigenvalue weighted by atomic mass is 10.1. The number of imidazole rings is 1. The molecule has 100 valence electrons. The van der Waals surface area contributed by atoms with Crippen LogP contribution in [0.3, 0.4) is 0 Å². The predicted octanol–water partition coefficient (Wildman–Crippen LogP) is 1.82. The molecule has 0 aliphatic rings. The highest BCUT2D eigenvalue weighted by molar-refractivity contribution is 5.75. The minimum Gasteiger partial charge on any atom is -0.480 e. The number of carboxylic acid groups (broad SMARTS) is 1. The molecule has 1 aromatic carbocycles. The molecule has 1 atom stereocenters. The van der Waals surface area contributed by atoms with E-state index in [1.54, 1.807) is 18.3 Å². The Labute approximate surface area is 111 Å². The highest BCUT2D eigenvalue weighted by Crippen LogP contribution is 2.13. The summed E-state index contributed by atoms with van der Waals surface area (Å²) in [5.41, 5.74) is 0.740. The average Bonchev–Trinajstić information content (AvgIpc) is 2.87. The molecule has 19 heavy (non-hydrogen) atoms. The maximum atomic E-state index is 11.3. The fraction of sp³-hybridized carbons (Fsp3) is 0.286. The first-order valence-corrected chi connectivity index (χ1v) is 6.23. The smallest absolute Gasteiger partial charge is 0.325 e. The Morgan fingerprint density at radius 2 is 2.16 bits per heavy atom. The van der Waals surface area contributed by atoms with Gasteiger partial charge in [0.25, 0.3) is 0 Å². The van der Waals surface area contributed by atoms with Crippen molar-refractivity contribution >= 4 is 5.97 Å². The van der Waals surface area contributed by atoms with E-state index in [0.717, 1.165) is 17.9 Å². The van der Waals surface area contributed by atoms with Crippen molar-refractivity contribution in [3.05, 3.63) is 54.1 Å². The molecule has 0 amide bonds. The fourth-order valence-electron chi connectivity index (χ4n) is 1.98. The number of nitrogens with zero attached hydrogens (tertiary/aromatic N) is 2. The van der Waals surface area contributed by atoms with Gasteiger partial charge in [0, 0.05) is 18.9 Å². The normalized spacial score (nSPS) is 12.3. The van der Waals surface area contributed by atoms with Crippen molar-refractivity contribution in [1.29, 1.82) is 0 Å². The fourth-order valence-corrected chi connectivity index (χ4v) is 1.98. The van der Waals surface area contributed by atoms with Crippen LogP contribution in [0, 0.1) is 0 Å². The van der Waals surface area contributed by atoms with E-state index in [2.05, 4.69) is 10.3 Å². The number of benzene rings is 1. The number of hydrogen-bond acceptors (Lipinski definition) is 3. The number of aliphatic carboxylic acids is 1. The SMILES string of the molecule is CCn1ccnc1CNC(C(=O)O)c1ccccc1. The summed E-state index contributed by atoms with van der Waals surface area (Å²) in [5, 5.41) is 12.3. The average molecular weight is 259 g/mol. The third kappa shape index (κ3) is 3.20. The molecule has 1 aromatic heterocycles. The summed E-state index contributed by atoms with van der Waals surface area (Å²) >= 11 is 0. The van der Waals surface area contributed by atoms with Gasteiger partial charge in [-0.15, -0.1) is 0 Å². The highest BCUT2D eigenvalue weighted by Gasteiger charge is 2.19. The van der Waals surface area contributed by atoms with Crippen molar-refractivity contribution in [2.24, 2.45) is 0 Å². The predicted molar refractivity (Wildman–Crippen MR) is 71.6 cm³/mol. The molecule has 2 N–H and O–H groups in total. The first-order valence-electron chi connectivity index (χ1n) is 6.23. The van der Waals surface area contributed by atoms with Crippen molar-refractivity contribution < 1.29 is 9.90 Å². The zero-order chi connectivity index (χ0) is 13.7. The zero-order valence-electron chi connectivity index (χ0n) is 10.8. The van der Waals surface area contributed by atoms with Crippen LogP contribution in [0.1, 0.15) is 24.4 Å². The molecular formula is C14H17N3O2. The van der Waals surface area contributed by atoms with Gasteiger partial charge in [-0.25, -0.2) is 4.98 Å². The number of aryl methyl sites for hydroxylation is 1. The van der Waals surface area contributed by atoms with Crippen molar-refractivity contribution in [3.8, 4) is 0 Å². The van der Waals surface area contributed by atoms with Crippen LogP contribution in [0.25, 0.3) is 0 Å². The standard InChI is InChI=1S/C14H17N3O2/c1-2-17-9-8-15-12(17)10-16-13(14(18)19)11-6-4-3-5-7-11/h3-9,13,16H,2,10H2,1H3,(H,18,19). The molecule has 0 aliphatic carbocycles. The molecule has 1 unspecified atom stereocenters. The molecule has 0 saturated carbocycles. The number of aromatic nitrogens is 2. The molecular weight excluding hydrogens is 242 g/mol. The number of hydrogen-bond donors (Lipinski definition) is 2. The first kappa shape index (κ1) is 13.3. The van der Waals surface area contributed by atoms with E-state index in [1.165, 1.54) is 0 Å². The Kier molecular flexibility index (Phi) is 4.30. The van der Waals surface area contributed by atoms with Crippen LogP contribution in [0.5, 0.6) is 0 Å². The lowest BCUT2D eigenvalue weighted by Gasteiger charge is -2.15. The number of carbonyl (C=O) groups is 1. The van der Waals surface area contributed by atoms with Crippen LogP contribution in [0.2, 0.25) is 0 Å². The quantitative estimate of drug-likeness (QED) is 0.830. The second-order valence-corrected chi connectivity index (χ2v) is 4.19. The highest BCUT2D eigenvalue weighted by atomic mass is 16.4. The Hall–Kier alpha value is -2.14. The molecule has 0 spiro atoms. The van der Waals surface area contributed by atoms with Gasteiger partial charge in [0.1, 0.15) is 11.9 Å². The number of carboxylic acids is 1. The van der Waals surface area contributed by atoms with E-state index in [9.17, 15) is 9.90 Å². The maximum Gasteiger partial charge on any atom is 0.325 e. The monoisotopic (exact) mass is 259 g/mol. The van der Waals surface area contributed by atoms with Gasteiger partial charge in [0.05, 0.1) is 6.54 Å². The number of rotatable bonds is 6. The van der Waals surface area contributed by atoms with Crippen LogP contribution >= 0.6 is 0 Å². The largest absolute Gasteiger partial charge is 0.480 e. The summed E-state index contributed by atoms with van der Waals surface area (Å²) in [7, 11) is 0. The molecule has 5 nitrogen and oxygen atoms in total. The van der Waals surface area contributed by atoms with Crippen LogP contribution in [-0.2, 0) is 17.9 Å². The second-order valence-electron chi connectivity index (χ2n) is 4.19. The van der Waals surface area contributed by atoms with E-state index < -0.39 is 12.0 Å². The zero-order valence-corrected chi connectivity index (χ0v) is 10.8. The van der Waals surface area contributed by atoms with Gasteiger partial charge >= 0.3 is 5.97 Å². The van der Waals surface area contributed by atoms with Crippen LogP contribution in [0.4, 0.5) is 0 Å². The summed E-state index contributed by atoms with van der Waals surface area (Å²) < 4.78 is 1.98. The Bertz CT molecular complexity index is 537. The van der Waals surface area contributed by atoms with Gasteiger partial charge < -0.3 is 9.67 Å². The van der Waals surface area contributed by atoms with Crippen molar-refractivity contribution in [2.45, 2.75) is 26.1 Å². The molecule has 2 aromatic rings. The molecule has 1 heterocycles. The van der Waals surface area contributed by atoms with Crippen LogP contribution in [-0.4, -0.2) is 20.6 Å². The first-order chi connectivity index (χ1) is 9.22. The van der Waals surface area contributed by atoms with E-state index in [1.807, 2.05) is 35.9 Å². The van der Waals surface area contributed by atoms with Gasteiger partial charge in [-0.2, -0.15) is 0 Å². The van der Waals surface area contributed by atoms with Crippen LogP contribution < -0.4 is 5.32 Å². The molecule has 0 aliphatic heterocycles. The van der Waals surface area contributed by atoms with E-state index >= 15 is 0 Å². The Morgan fingerprint density at radius 1 is 1.42 bits per heavy atom. The lowest BCUT2D eigenvalue weighted by molar-refractivity contribution is -0.139. The van der Waals surface area contributed by atoms with Gasteiger partial charge in [0.15, 0.2) is 0 Å². The topological polar surface area (TPSA) is 67.2 Å². The summed E-state index contributed by atoms with van der Waals surface area (Å²) in [6, 6.07) is 8.42. The minimum atomic E-state index is -0.888. The molecule has 2 rings (SSSR count). The van der Waals surface area contributed by atoms with E-state index in [-0.39, 0.29) is 0 Å². The molecule has 5 heteroatoms. The minimum absolute atomic E-state index is 0.423. The molecule has 0 radical (unpaired) electrons. The van der Waals surface area contributed by atoms with Crippen molar-refractivity contribution in [2.75, 3.05) is 0 Å². The Balaban J connectivity index is 2.09. The summed E-state index contributed by atoms with van der Waals surface area (Å²) in [4.78, 5) is 15.5. The summed E-state index contributed by atoms with van der Waals surface area (Å²) in [6.45, 7) is 3.27. The lowest BCUT2D eigenvalue weighted by Crippen LogP contribution is -2.29. The van der Waals surface area contributed by atoms with Crippen molar-refractivity contribution in [3.63, 3.8) is 0 Å². The van der Waals surface area contributed by atoms with Gasteiger partial charge in [-0.05, 0) is 12.5 Å². The van der Waals surface area contributed by atoms with E-state index in [4.69, 9.17) is 0 Å². The van der Waals surface area contributed by atoms with Gasteiger partial charge in [-0.1, -0.05) is 30.3 Å². The molecule has 0 bridgehead atoms. The van der Waals surface area contributed by atoms with Crippen molar-refractivity contribution in [1.82, 2.24) is 14.9 Å². The molecule has 0 saturated heterocycles. The Morgan fingerprint density at radius 3 is 2.79 bits per heavy atom. The van der Waals surface area contributed by atoms with Gasteiger partial charge in [0.2, 0.25) is 0 Å². The molecule has 0 fully saturated rings. The third-order valence-corrected chi connectivity index (χ3v) is 2.99. The number of nitrogens with one attached hydrogen (secondary N) is 1. The van der Waals surface area contributed by atoms with Crippen LogP contribution in [0.15, 0.2) is 42.7 Å². The van der Waals surface area contributed by atoms with E-state index in [0.29, 0.717) is 6.54 Å². The second kappa shape index (κ2) is 6.15. The van der Waals surface area contributed by atoms with Gasteiger partial charge in [-0.3, -0.25) is 10.1 Å². The maximum absolute atomic E-state index is 11.3. The summed E-state index contributed by atoms with van der Waals surface area (Å²) in [6.07, 6.45) is 3.61.